The number of ether oxygens (including phenoxy) is 1. The van der Waals surface area contributed by atoms with E-state index in [1.54, 1.807) is 0 Å². The molecule has 3 heteroatoms. The van der Waals surface area contributed by atoms with Crippen molar-refractivity contribution in [3.05, 3.63) is 28.2 Å². The van der Waals surface area contributed by atoms with E-state index in [1.165, 1.54) is 5.56 Å². The van der Waals surface area contributed by atoms with Crippen molar-refractivity contribution in [1.82, 2.24) is 0 Å². The smallest absolute Gasteiger partial charge is 0.122 e. The summed E-state index contributed by atoms with van der Waals surface area (Å²) in [6, 6.07) is 6.02. The predicted octanol–water partition coefficient (Wildman–Crippen LogP) is 2.35. The second kappa shape index (κ2) is 5.25. The lowest BCUT2D eigenvalue weighted by Crippen LogP contribution is -2.11. The lowest BCUT2D eigenvalue weighted by Gasteiger charge is -2.09. The van der Waals surface area contributed by atoms with E-state index in [9.17, 15) is 0 Å². The fraction of sp³-hybridized carbons (Fsp3) is 0.400. The lowest BCUT2D eigenvalue weighted by atomic mass is 10.1. The van der Waals surface area contributed by atoms with E-state index in [-0.39, 0.29) is 0 Å². The molecular weight excluding hydrogens is 230 g/mol. The summed E-state index contributed by atoms with van der Waals surface area (Å²) in [5, 5.41) is 0. The third-order valence-electron chi connectivity index (χ3n) is 1.78. The van der Waals surface area contributed by atoms with Crippen LogP contribution in [0.25, 0.3) is 0 Å². The van der Waals surface area contributed by atoms with Crippen molar-refractivity contribution in [3.8, 4) is 5.75 Å². The SMILES string of the molecule is CCc1cc(Br)ccc1OCCN. The summed E-state index contributed by atoms with van der Waals surface area (Å²) < 4.78 is 6.57. The van der Waals surface area contributed by atoms with Crippen LogP contribution in [-0.2, 0) is 6.42 Å². The Hall–Kier alpha value is -0.540. The minimum atomic E-state index is 0.555. The highest BCUT2D eigenvalue weighted by atomic mass is 79.9. The summed E-state index contributed by atoms with van der Waals surface area (Å²) in [5.41, 5.74) is 6.57. The van der Waals surface area contributed by atoms with Crippen molar-refractivity contribution in [3.63, 3.8) is 0 Å². The van der Waals surface area contributed by atoms with Crippen molar-refractivity contribution in [1.29, 1.82) is 0 Å². The highest BCUT2D eigenvalue weighted by molar-refractivity contribution is 9.10. The molecule has 0 atom stereocenters. The Balaban J connectivity index is 2.79. The number of benzene rings is 1. The Morgan fingerprint density at radius 2 is 2.23 bits per heavy atom. The molecule has 0 aliphatic heterocycles. The van der Waals surface area contributed by atoms with Crippen molar-refractivity contribution in [2.24, 2.45) is 5.73 Å². The average molecular weight is 244 g/mol. The second-order valence-electron chi connectivity index (χ2n) is 2.74. The van der Waals surface area contributed by atoms with Crippen LogP contribution in [0.15, 0.2) is 22.7 Å². The lowest BCUT2D eigenvalue weighted by molar-refractivity contribution is 0.325. The van der Waals surface area contributed by atoms with Gasteiger partial charge in [0.25, 0.3) is 0 Å². The van der Waals surface area contributed by atoms with E-state index in [2.05, 4.69) is 28.9 Å². The van der Waals surface area contributed by atoms with Gasteiger partial charge in [-0.15, -0.1) is 0 Å². The summed E-state index contributed by atoms with van der Waals surface area (Å²) in [6.07, 6.45) is 0.972. The zero-order chi connectivity index (χ0) is 9.68. The molecule has 0 aromatic heterocycles. The first-order valence-electron chi connectivity index (χ1n) is 4.39. The molecule has 0 amide bonds. The normalized spacial score (nSPS) is 10.1. The predicted molar refractivity (Wildman–Crippen MR) is 58.1 cm³/mol. The first-order valence-corrected chi connectivity index (χ1v) is 5.18. The van der Waals surface area contributed by atoms with Crippen LogP contribution < -0.4 is 10.5 Å². The molecule has 0 spiro atoms. The van der Waals surface area contributed by atoms with Crippen molar-refractivity contribution >= 4 is 15.9 Å². The molecular formula is C10H14BrNO. The summed E-state index contributed by atoms with van der Waals surface area (Å²) in [7, 11) is 0. The maximum absolute atomic E-state index is 5.49. The molecule has 72 valence electrons. The number of hydrogen-bond donors (Lipinski definition) is 1. The summed E-state index contributed by atoms with van der Waals surface area (Å²) in [6.45, 7) is 3.24. The molecule has 1 rings (SSSR count). The Morgan fingerprint density at radius 3 is 2.85 bits per heavy atom. The molecule has 1 aromatic rings. The van der Waals surface area contributed by atoms with Crippen molar-refractivity contribution in [2.45, 2.75) is 13.3 Å². The van der Waals surface area contributed by atoms with Gasteiger partial charge < -0.3 is 10.5 Å². The standard InChI is InChI=1S/C10H14BrNO/c1-2-8-7-9(11)3-4-10(8)13-6-5-12/h3-4,7H,2,5-6,12H2,1H3. The zero-order valence-corrected chi connectivity index (χ0v) is 9.30. The quantitative estimate of drug-likeness (QED) is 0.882. The van der Waals surface area contributed by atoms with Gasteiger partial charge in [-0.3, -0.25) is 0 Å². The van der Waals surface area contributed by atoms with Gasteiger partial charge >= 0.3 is 0 Å². The van der Waals surface area contributed by atoms with Gasteiger partial charge in [-0.25, -0.2) is 0 Å². The van der Waals surface area contributed by atoms with Gasteiger partial charge in [0.1, 0.15) is 12.4 Å². The number of rotatable bonds is 4. The van der Waals surface area contributed by atoms with Gasteiger partial charge in [-0.1, -0.05) is 22.9 Å². The molecule has 0 unspecified atom stereocenters. The van der Waals surface area contributed by atoms with Crippen LogP contribution in [0.2, 0.25) is 0 Å². The topological polar surface area (TPSA) is 35.2 Å². The third kappa shape index (κ3) is 3.01. The fourth-order valence-corrected chi connectivity index (χ4v) is 1.54. The Labute approximate surface area is 87.2 Å². The summed E-state index contributed by atoms with van der Waals surface area (Å²) in [4.78, 5) is 0. The maximum Gasteiger partial charge on any atom is 0.122 e. The Kier molecular flexibility index (Phi) is 4.25. The summed E-state index contributed by atoms with van der Waals surface area (Å²) in [5.74, 6) is 0.941. The zero-order valence-electron chi connectivity index (χ0n) is 7.72. The van der Waals surface area contributed by atoms with Gasteiger partial charge in [-0.05, 0) is 30.2 Å². The molecule has 13 heavy (non-hydrogen) atoms. The molecule has 0 aliphatic carbocycles. The molecule has 0 bridgehead atoms. The van der Waals surface area contributed by atoms with E-state index in [4.69, 9.17) is 10.5 Å². The minimum absolute atomic E-state index is 0.555. The van der Waals surface area contributed by atoms with Crippen molar-refractivity contribution < 1.29 is 4.74 Å². The third-order valence-corrected chi connectivity index (χ3v) is 2.27. The molecule has 0 fully saturated rings. The number of nitrogens with two attached hydrogens (primary N) is 1. The van der Waals surface area contributed by atoms with Crippen LogP contribution in [0.1, 0.15) is 12.5 Å². The first-order chi connectivity index (χ1) is 6.27. The molecule has 2 N–H and O–H groups in total. The van der Waals surface area contributed by atoms with Crippen LogP contribution >= 0.6 is 15.9 Å². The fourth-order valence-electron chi connectivity index (χ4n) is 1.13. The Bertz CT molecular complexity index is 276. The largest absolute Gasteiger partial charge is 0.492 e. The van der Waals surface area contributed by atoms with E-state index in [0.29, 0.717) is 13.2 Å². The van der Waals surface area contributed by atoms with E-state index in [1.807, 2.05) is 12.1 Å². The second-order valence-corrected chi connectivity index (χ2v) is 3.66. The van der Waals surface area contributed by atoms with Gasteiger partial charge in [-0.2, -0.15) is 0 Å². The number of aryl methyl sites for hydroxylation is 1. The van der Waals surface area contributed by atoms with E-state index in [0.717, 1.165) is 16.6 Å². The molecule has 0 aliphatic rings. The Morgan fingerprint density at radius 1 is 1.46 bits per heavy atom. The van der Waals surface area contributed by atoms with Crippen LogP contribution in [0.3, 0.4) is 0 Å². The molecule has 0 heterocycles. The van der Waals surface area contributed by atoms with Crippen LogP contribution in [-0.4, -0.2) is 13.2 Å². The highest BCUT2D eigenvalue weighted by Gasteiger charge is 2.01. The van der Waals surface area contributed by atoms with Crippen LogP contribution in [0.4, 0.5) is 0 Å². The van der Waals surface area contributed by atoms with Crippen LogP contribution in [0.5, 0.6) is 5.75 Å². The van der Waals surface area contributed by atoms with Gasteiger partial charge in [0.05, 0.1) is 0 Å². The molecule has 1 aromatic carbocycles. The first kappa shape index (κ1) is 10.5. The molecule has 2 nitrogen and oxygen atoms in total. The van der Waals surface area contributed by atoms with Crippen LogP contribution in [0, 0.1) is 0 Å². The molecule has 0 saturated heterocycles. The van der Waals surface area contributed by atoms with E-state index >= 15 is 0 Å². The maximum atomic E-state index is 5.49. The van der Waals surface area contributed by atoms with E-state index < -0.39 is 0 Å². The number of hydrogen-bond acceptors (Lipinski definition) is 2. The monoisotopic (exact) mass is 243 g/mol. The average Bonchev–Trinajstić information content (AvgIpc) is 2.16. The minimum Gasteiger partial charge on any atom is -0.492 e. The molecule has 0 saturated carbocycles. The highest BCUT2D eigenvalue weighted by Crippen LogP contribution is 2.23. The summed E-state index contributed by atoms with van der Waals surface area (Å²) >= 11 is 3.43. The van der Waals surface area contributed by atoms with Gasteiger partial charge in [0.2, 0.25) is 0 Å². The molecule has 0 radical (unpaired) electrons. The number of halogens is 1. The van der Waals surface area contributed by atoms with Crippen molar-refractivity contribution in [2.75, 3.05) is 13.2 Å². The van der Waals surface area contributed by atoms with Gasteiger partial charge in [0, 0.05) is 11.0 Å². The van der Waals surface area contributed by atoms with Gasteiger partial charge in [0.15, 0.2) is 0 Å².